The second-order valence-electron chi connectivity index (χ2n) is 9.91. The van der Waals surface area contributed by atoms with Crippen LogP contribution in [0.1, 0.15) is 73.1 Å². The minimum atomic E-state index is -2.14. The standard InChI is InChI=1S/C22H50O2Si3/c1-13-19-20-25(7,8)21(14-2,15-3)24-27(11,12)22(16-4,17-5)23-26(9,10)18-6/h18H,6,13-17,19-20H2,1-5,7-12H3. The highest BCUT2D eigenvalue weighted by molar-refractivity contribution is 6.83. The van der Waals surface area contributed by atoms with Gasteiger partial charge in [0.15, 0.2) is 0 Å². The van der Waals surface area contributed by atoms with Crippen LogP contribution < -0.4 is 0 Å². The molecule has 0 amide bonds. The van der Waals surface area contributed by atoms with Crippen molar-refractivity contribution < 1.29 is 8.85 Å². The van der Waals surface area contributed by atoms with Gasteiger partial charge < -0.3 is 8.85 Å². The van der Waals surface area contributed by atoms with Crippen LogP contribution in [0.15, 0.2) is 12.3 Å². The highest BCUT2D eigenvalue weighted by Gasteiger charge is 2.55. The van der Waals surface area contributed by atoms with E-state index in [9.17, 15) is 0 Å². The van der Waals surface area contributed by atoms with Gasteiger partial charge in [0.1, 0.15) is 0 Å². The molecule has 0 N–H and O–H groups in total. The summed E-state index contributed by atoms with van der Waals surface area (Å²) < 4.78 is 14.3. The molecule has 5 heteroatoms. The van der Waals surface area contributed by atoms with E-state index >= 15 is 0 Å². The van der Waals surface area contributed by atoms with Crippen LogP contribution in [0.5, 0.6) is 0 Å². The minimum Gasteiger partial charge on any atom is -0.412 e. The second kappa shape index (κ2) is 10.4. The first kappa shape index (κ1) is 27.3. The first-order valence-electron chi connectivity index (χ1n) is 11.3. The van der Waals surface area contributed by atoms with Gasteiger partial charge in [0.25, 0.3) is 0 Å². The maximum atomic E-state index is 7.39. The lowest BCUT2D eigenvalue weighted by Crippen LogP contribution is -2.68. The summed E-state index contributed by atoms with van der Waals surface area (Å²) in [5, 5.41) is -0.0849. The summed E-state index contributed by atoms with van der Waals surface area (Å²) in [4.78, 5) is 0. The quantitative estimate of drug-likeness (QED) is 0.261. The highest BCUT2D eigenvalue weighted by atomic mass is 28.4. The summed E-state index contributed by atoms with van der Waals surface area (Å²) in [6, 6.07) is 1.36. The Labute approximate surface area is 174 Å². The fourth-order valence-electron chi connectivity index (χ4n) is 4.83. The molecule has 0 aromatic rings. The Morgan fingerprint density at radius 1 is 0.741 bits per heavy atom. The average Bonchev–Trinajstić information content (AvgIpc) is 2.62. The normalized spacial score (nSPS) is 14.5. The lowest BCUT2D eigenvalue weighted by molar-refractivity contribution is 0.0543. The molecule has 0 radical (unpaired) electrons. The van der Waals surface area contributed by atoms with Gasteiger partial charge in [0, 0.05) is 5.22 Å². The third kappa shape index (κ3) is 6.14. The highest BCUT2D eigenvalue weighted by Crippen LogP contribution is 2.44. The van der Waals surface area contributed by atoms with Crippen LogP contribution in [-0.2, 0) is 8.85 Å². The van der Waals surface area contributed by atoms with Crippen molar-refractivity contribution in [2.45, 2.75) is 129 Å². The molecule has 0 aromatic carbocycles. The van der Waals surface area contributed by atoms with Crippen LogP contribution >= 0.6 is 0 Å². The van der Waals surface area contributed by atoms with E-state index in [1.807, 2.05) is 0 Å². The molecule has 0 heterocycles. The van der Waals surface area contributed by atoms with Crippen LogP contribution in [-0.4, -0.2) is 35.2 Å². The zero-order chi connectivity index (χ0) is 21.6. The monoisotopic (exact) mass is 430 g/mol. The topological polar surface area (TPSA) is 18.5 Å². The Hall–Kier alpha value is 0.311. The van der Waals surface area contributed by atoms with Crippen molar-refractivity contribution in [3.8, 4) is 0 Å². The largest absolute Gasteiger partial charge is 0.412 e. The van der Waals surface area contributed by atoms with Gasteiger partial charge in [-0.3, -0.25) is 0 Å². The first-order valence-corrected chi connectivity index (χ1v) is 20.4. The molecule has 0 aliphatic rings. The van der Waals surface area contributed by atoms with Crippen LogP contribution in [0.2, 0.25) is 45.3 Å². The van der Waals surface area contributed by atoms with Crippen molar-refractivity contribution in [2.75, 3.05) is 0 Å². The van der Waals surface area contributed by atoms with Crippen LogP contribution in [0.3, 0.4) is 0 Å². The molecule has 0 unspecified atom stereocenters. The minimum absolute atomic E-state index is 0.0523. The molecule has 0 atom stereocenters. The zero-order valence-electron chi connectivity index (χ0n) is 20.6. The van der Waals surface area contributed by atoms with E-state index in [4.69, 9.17) is 8.85 Å². The van der Waals surface area contributed by atoms with E-state index < -0.39 is 24.7 Å². The first-order chi connectivity index (χ1) is 12.3. The predicted octanol–water partition coefficient (Wildman–Crippen LogP) is 7.86. The van der Waals surface area contributed by atoms with E-state index in [0.29, 0.717) is 0 Å². The van der Waals surface area contributed by atoms with E-state index in [1.165, 1.54) is 18.9 Å². The average molecular weight is 431 g/mol. The predicted molar refractivity (Wildman–Crippen MR) is 131 cm³/mol. The lowest BCUT2D eigenvalue weighted by Gasteiger charge is -2.55. The molecule has 0 spiro atoms. The van der Waals surface area contributed by atoms with Crippen molar-refractivity contribution in [3.05, 3.63) is 12.3 Å². The molecular formula is C22H50O2Si3. The zero-order valence-corrected chi connectivity index (χ0v) is 23.6. The summed E-state index contributed by atoms with van der Waals surface area (Å²) in [6.45, 7) is 30.1. The second-order valence-corrected chi connectivity index (χ2v) is 23.0. The molecule has 0 bridgehead atoms. The summed E-state index contributed by atoms with van der Waals surface area (Å²) >= 11 is 0. The summed E-state index contributed by atoms with van der Waals surface area (Å²) in [6.07, 6.45) is 6.88. The number of hydrogen-bond donors (Lipinski definition) is 0. The van der Waals surface area contributed by atoms with Gasteiger partial charge in [-0.15, -0.1) is 6.58 Å². The van der Waals surface area contributed by atoms with Crippen molar-refractivity contribution in [1.82, 2.24) is 0 Å². The van der Waals surface area contributed by atoms with Gasteiger partial charge in [-0.1, -0.05) is 72.3 Å². The number of hydrogen-bond acceptors (Lipinski definition) is 2. The summed E-state index contributed by atoms with van der Waals surface area (Å²) in [7, 11) is -5.57. The van der Waals surface area contributed by atoms with Crippen molar-refractivity contribution in [3.63, 3.8) is 0 Å². The summed E-state index contributed by atoms with van der Waals surface area (Å²) in [5.74, 6) is 0. The Morgan fingerprint density at radius 2 is 1.19 bits per heavy atom. The SMILES string of the molecule is C=C[Si](C)(C)OC(CC)(CC)[Si](C)(C)OC(CC)(CC)[Si](C)(C)CCCC. The van der Waals surface area contributed by atoms with Crippen molar-refractivity contribution >= 4 is 24.7 Å². The fourth-order valence-corrected chi connectivity index (χ4v) is 16.6. The Bertz CT molecular complexity index is 450. The van der Waals surface area contributed by atoms with E-state index in [0.717, 1.165) is 25.7 Å². The van der Waals surface area contributed by atoms with E-state index in [-0.39, 0.29) is 10.4 Å². The van der Waals surface area contributed by atoms with Gasteiger partial charge in [-0.2, -0.15) is 0 Å². The molecule has 162 valence electrons. The van der Waals surface area contributed by atoms with Crippen molar-refractivity contribution in [2.24, 2.45) is 0 Å². The molecule has 0 rings (SSSR count). The number of unbranched alkanes of at least 4 members (excludes halogenated alkanes) is 1. The van der Waals surface area contributed by atoms with Gasteiger partial charge >= 0.3 is 0 Å². The Kier molecular flexibility index (Phi) is 10.5. The van der Waals surface area contributed by atoms with Gasteiger partial charge in [-0.05, 0) is 51.9 Å². The maximum Gasteiger partial charge on any atom is 0.217 e. The third-order valence-corrected chi connectivity index (χ3v) is 18.3. The smallest absolute Gasteiger partial charge is 0.217 e. The van der Waals surface area contributed by atoms with Crippen LogP contribution in [0.4, 0.5) is 0 Å². The van der Waals surface area contributed by atoms with Gasteiger partial charge in [0.2, 0.25) is 16.6 Å². The van der Waals surface area contributed by atoms with E-state index in [1.54, 1.807) is 0 Å². The molecule has 0 aliphatic heterocycles. The van der Waals surface area contributed by atoms with Crippen molar-refractivity contribution in [1.29, 1.82) is 0 Å². The molecule has 0 aliphatic carbocycles. The third-order valence-electron chi connectivity index (χ3n) is 7.17. The van der Waals surface area contributed by atoms with Crippen LogP contribution in [0, 0.1) is 0 Å². The molecule has 0 fully saturated rings. The van der Waals surface area contributed by atoms with Crippen LogP contribution in [0.25, 0.3) is 0 Å². The lowest BCUT2D eigenvalue weighted by atomic mass is 10.2. The number of rotatable bonds is 14. The maximum absolute atomic E-state index is 7.39. The Morgan fingerprint density at radius 3 is 1.52 bits per heavy atom. The summed E-state index contributed by atoms with van der Waals surface area (Å²) in [5.41, 5.74) is 2.07. The fraction of sp³-hybridized carbons (Fsp3) is 0.909. The molecule has 0 saturated carbocycles. The molecule has 27 heavy (non-hydrogen) atoms. The Balaban J connectivity index is 6.07. The molecule has 0 saturated heterocycles. The van der Waals surface area contributed by atoms with Gasteiger partial charge in [0.05, 0.1) is 13.3 Å². The van der Waals surface area contributed by atoms with Gasteiger partial charge in [-0.25, -0.2) is 0 Å². The molecule has 0 aromatic heterocycles. The van der Waals surface area contributed by atoms with E-state index in [2.05, 4.69) is 86.2 Å². The molecule has 2 nitrogen and oxygen atoms in total. The molecular weight excluding hydrogens is 380 g/mol.